The summed E-state index contributed by atoms with van der Waals surface area (Å²) >= 11 is 12.2. The van der Waals surface area contributed by atoms with Crippen LogP contribution in [0.25, 0.3) is 16.8 Å². The Hall–Kier alpha value is -0.750. The van der Waals surface area contributed by atoms with Gasteiger partial charge in [0.1, 0.15) is 5.01 Å². The van der Waals surface area contributed by atoms with Crippen molar-refractivity contribution in [1.29, 1.82) is 0 Å². The lowest BCUT2D eigenvalue weighted by atomic mass is 10.1. The molecule has 0 bridgehead atoms. The van der Waals surface area contributed by atoms with Crippen LogP contribution in [0, 0.1) is 0 Å². The molecule has 5 heteroatoms. The molecular formula is C17H10Br3NS. The Bertz CT molecular complexity index is 837. The second kappa shape index (κ2) is 6.79. The minimum atomic E-state index is 0.919. The van der Waals surface area contributed by atoms with Crippen molar-refractivity contribution in [3.63, 3.8) is 0 Å². The van der Waals surface area contributed by atoms with E-state index in [2.05, 4.69) is 72.6 Å². The van der Waals surface area contributed by atoms with Crippen molar-refractivity contribution in [1.82, 2.24) is 4.98 Å². The normalized spacial score (nSPS) is 10.7. The van der Waals surface area contributed by atoms with E-state index in [0.29, 0.717) is 0 Å². The fourth-order valence-corrected chi connectivity index (χ4v) is 4.27. The number of halogens is 3. The van der Waals surface area contributed by atoms with Gasteiger partial charge in [0.15, 0.2) is 0 Å². The number of benzene rings is 2. The van der Waals surface area contributed by atoms with E-state index in [1.54, 1.807) is 11.3 Å². The van der Waals surface area contributed by atoms with E-state index in [-0.39, 0.29) is 0 Å². The van der Waals surface area contributed by atoms with Crippen LogP contribution in [0.2, 0.25) is 0 Å². The van der Waals surface area contributed by atoms with Crippen LogP contribution < -0.4 is 0 Å². The summed E-state index contributed by atoms with van der Waals surface area (Å²) in [5.41, 5.74) is 4.02. The number of aromatic nitrogens is 1. The summed E-state index contributed by atoms with van der Waals surface area (Å²) in [6.07, 6.45) is 0. The summed E-state index contributed by atoms with van der Waals surface area (Å²) in [6.45, 7) is 4.20. The zero-order valence-electron chi connectivity index (χ0n) is 11.3. The molecule has 0 unspecified atom stereocenters. The highest BCUT2D eigenvalue weighted by Crippen LogP contribution is 2.37. The molecule has 0 saturated heterocycles. The maximum absolute atomic E-state index is 4.76. The molecule has 2 aromatic carbocycles. The summed E-state index contributed by atoms with van der Waals surface area (Å²) in [5, 5.41) is 0.919. The predicted octanol–water partition coefficient (Wildman–Crippen LogP) is 7.16. The molecule has 0 aliphatic rings. The second-order valence-electron chi connectivity index (χ2n) is 4.64. The second-order valence-corrected chi connectivity index (χ2v) is 8.79. The van der Waals surface area contributed by atoms with Gasteiger partial charge in [-0.25, -0.2) is 4.98 Å². The van der Waals surface area contributed by atoms with Crippen LogP contribution >= 0.6 is 59.1 Å². The van der Waals surface area contributed by atoms with Gasteiger partial charge >= 0.3 is 0 Å². The smallest absolute Gasteiger partial charge is 0.125 e. The third-order valence-corrected chi connectivity index (χ3v) is 5.92. The summed E-state index contributed by atoms with van der Waals surface area (Å²) in [4.78, 5) is 4.76. The number of rotatable bonds is 3. The van der Waals surface area contributed by atoms with Gasteiger partial charge in [0.2, 0.25) is 0 Å². The van der Waals surface area contributed by atoms with Crippen molar-refractivity contribution in [2.75, 3.05) is 0 Å². The standard InChI is InChI=1S/C17H10Br3NS/c1-10(12-3-2-4-14(19)9-12)17-21-15(16(20)22-17)11-5-7-13(18)8-6-11/h2-9H,1H2. The molecule has 3 aromatic rings. The highest BCUT2D eigenvalue weighted by Gasteiger charge is 2.14. The molecule has 22 heavy (non-hydrogen) atoms. The monoisotopic (exact) mass is 497 g/mol. The first kappa shape index (κ1) is 16.1. The fourth-order valence-electron chi connectivity index (χ4n) is 2.02. The molecule has 0 spiro atoms. The van der Waals surface area contributed by atoms with Crippen LogP contribution in [0.4, 0.5) is 0 Å². The van der Waals surface area contributed by atoms with Crippen molar-refractivity contribution in [3.05, 3.63) is 78.4 Å². The third kappa shape index (κ3) is 3.43. The number of hydrogen-bond acceptors (Lipinski definition) is 2. The molecular weight excluding hydrogens is 490 g/mol. The van der Waals surface area contributed by atoms with Gasteiger partial charge in [0, 0.05) is 20.1 Å². The lowest BCUT2D eigenvalue weighted by Crippen LogP contribution is -1.86. The molecule has 0 saturated carbocycles. The molecule has 0 fully saturated rings. The summed E-state index contributed by atoms with van der Waals surface area (Å²) in [5.74, 6) is 0. The average Bonchev–Trinajstić information content (AvgIpc) is 2.89. The number of nitrogens with zero attached hydrogens (tertiary/aromatic N) is 1. The van der Waals surface area contributed by atoms with Crippen molar-refractivity contribution in [2.24, 2.45) is 0 Å². The first-order valence-electron chi connectivity index (χ1n) is 6.42. The largest absolute Gasteiger partial charge is 0.235 e. The molecule has 1 heterocycles. The third-order valence-electron chi connectivity index (χ3n) is 3.13. The zero-order valence-corrected chi connectivity index (χ0v) is 16.9. The Morgan fingerprint density at radius 1 is 0.955 bits per heavy atom. The molecule has 0 amide bonds. The Labute approximate surface area is 158 Å². The maximum atomic E-state index is 4.76. The number of thiazole rings is 1. The van der Waals surface area contributed by atoms with E-state index in [1.807, 2.05) is 30.3 Å². The molecule has 110 valence electrons. The van der Waals surface area contributed by atoms with E-state index in [4.69, 9.17) is 4.98 Å². The average molecular weight is 500 g/mol. The predicted molar refractivity (Wildman–Crippen MR) is 105 cm³/mol. The van der Waals surface area contributed by atoms with Crippen molar-refractivity contribution < 1.29 is 0 Å². The van der Waals surface area contributed by atoms with Crippen LogP contribution in [0.3, 0.4) is 0 Å². The van der Waals surface area contributed by atoms with Gasteiger partial charge in [-0.15, -0.1) is 11.3 Å². The SMILES string of the molecule is C=C(c1cccc(Br)c1)c1nc(-c2ccc(Br)cc2)c(Br)s1. The van der Waals surface area contributed by atoms with Crippen LogP contribution in [-0.2, 0) is 0 Å². The summed E-state index contributed by atoms with van der Waals surface area (Å²) < 4.78 is 3.11. The summed E-state index contributed by atoms with van der Waals surface area (Å²) in [6, 6.07) is 16.2. The van der Waals surface area contributed by atoms with E-state index >= 15 is 0 Å². The first-order valence-corrected chi connectivity index (χ1v) is 9.61. The van der Waals surface area contributed by atoms with E-state index < -0.39 is 0 Å². The minimum Gasteiger partial charge on any atom is -0.235 e. The quantitative estimate of drug-likeness (QED) is 0.372. The highest BCUT2D eigenvalue weighted by atomic mass is 79.9. The lowest BCUT2D eigenvalue weighted by molar-refractivity contribution is 1.35. The van der Waals surface area contributed by atoms with Crippen molar-refractivity contribution in [3.8, 4) is 11.3 Å². The van der Waals surface area contributed by atoms with Gasteiger partial charge in [-0.2, -0.15) is 0 Å². The van der Waals surface area contributed by atoms with Gasteiger partial charge in [0.25, 0.3) is 0 Å². The Morgan fingerprint density at radius 2 is 1.68 bits per heavy atom. The van der Waals surface area contributed by atoms with Crippen LogP contribution in [0.5, 0.6) is 0 Å². The van der Waals surface area contributed by atoms with Crippen molar-refractivity contribution in [2.45, 2.75) is 0 Å². The van der Waals surface area contributed by atoms with Crippen LogP contribution in [0.1, 0.15) is 10.6 Å². The van der Waals surface area contributed by atoms with Gasteiger partial charge in [0.05, 0.1) is 9.48 Å². The molecule has 1 aromatic heterocycles. The first-order chi connectivity index (χ1) is 10.5. The topological polar surface area (TPSA) is 12.9 Å². The lowest BCUT2D eigenvalue weighted by Gasteiger charge is -2.02. The Morgan fingerprint density at radius 3 is 2.36 bits per heavy atom. The maximum Gasteiger partial charge on any atom is 0.125 e. The molecule has 0 radical (unpaired) electrons. The van der Waals surface area contributed by atoms with Crippen LogP contribution in [0.15, 0.2) is 67.8 Å². The van der Waals surface area contributed by atoms with Crippen LogP contribution in [-0.4, -0.2) is 4.98 Å². The van der Waals surface area contributed by atoms with Gasteiger partial charge in [-0.3, -0.25) is 0 Å². The molecule has 1 nitrogen and oxygen atoms in total. The molecule has 0 atom stereocenters. The fraction of sp³-hybridized carbons (Fsp3) is 0. The minimum absolute atomic E-state index is 0.919. The molecule has 0 aliphatic heterocycles. The van der Waals surface area contributed by atoms with E-state index in [0.717, 1.165) is 40.1 Å². The number of hydrogen-bond donors (Lipinski definition) is 0. The zero-order chi connectivity index (χ0) is 15.7. The van der Waals surface area contributed by atoms with E-state index in [1.165, 1.54) is 0 Å². The molecule has 0 aliphatic carbocycles. The van der Waals surface area contributed by atoms with E-state index in [9.17, 15) is 0 Å². The Kier molecular flexibility index (Phi) is 4.97. The summed E-state index contributed by atoms with van der Waals surface area (Å²) in [7, 11) is 0. The Balaban J connectivity index is 1.98. The van der Waals surface area contributed by atoms with Gasteiger partial charge in [-0.05, 0) is 45.8 Å². The van der Waals surface area contributed by atoms with Crippen molar-refractivity contribution >= 4 is 64.7 Å². The van der Waals surface area contributed by atoms with Gasteiger partial charge in [-0.1, -0.05) is 62.7 Å². The van der Waals surface area contributed by atoms with Gasteiger partial charge < -0.3 is 0 Å². The highest BCUT2D eigenvalue weighted by molar-refractivity contribution is 9.11. The molecule has 0 N–H and O–H groups in total. The molecule has 3 rings (SSSR count).